The van der Waals surface area contributed by atoms with Crippen LogP contribution < -0.4 is 5.32 Å². The zero-order valence-corrected chi connectivity index (χ0v) is 9.65. The van der Waals surface area contributed by atoms with E-state index in [1.54, 1.807) is 7.05 Å². The third-order valence-corrected chi connectivity index (χ3v) is 1.94. The van der Waals surface area contributed by atoms with Crippen molar-refractivity contribution in [3.8, 4) is 0 Å². The molecule has 1 atom stereocenters. The van der Waals surface area contributed by atoms with E-state index in [-0.39, 0.29) is 6.03 Å². The molecule has 0 saturated heterocycles. The normalized spacial score (nSPS) is 12.3. The predicted molar refractivity (Wildman–Crippen MR) is 56.8 cm³/mol. The number of nitrogens with zero attached hydrogens (tertiary/aromatic N) is 2. The number of amides is 2. The molecule has 0 saturated carbocycles. The maximum Gasteiger partial charge on any atom is 0.325 e. The van der Waals surface area contributed by atoms with Gasteiger partial charge in [-0.1, -0.05) is 0 Å². The molecule has 2 N–H and O–H groups in total. The smallest absolute Gasteiger partial charge is 0.325 e. The minimum absolute atomic E-state index is 0.369. The molecule has 88 valence electrons. The first-order valence-electron chi connectivity index (χ1n) is 4.73. The third kappa shape index (κ3) is 5.90. The van der Waals surface area contributed by atoms with Crippen molar-refractivity contribution in [3.05, 3.63) is 0 Å². The van der Waals surface area contributed by atoms with Crippen molar-refractivity contribution in [3.63, 3.8) is 0 Å². The van der Waals surface area contributed by atoms with E-state index in [1.807, 2.05) is 19.0 Å². The van der Waals surface area contributed by atoms with Gasteiger partial charge in [0, 0.05) is 20.1 Å². The number of carboxylic acid groups (broad SMARTS) is 1. The van der Waals surface area contributed by atoms with Gasteiger partial charge in [-0.05, 0) is 21.0 Å². The summed E-state index contributed by atoms with van der Waals surface area (Å²) < 4.78 is 0. The second-order valence-electron chi connectivity index (χ2n) is 3.73. The highest BCUT2D eigenvalue weighted by Crippen LogP contribution is 1.89. The van der Waals surface area contributed by atoms with Gasteiger partial charge in [0.2, 0.25) is 0 Å². The van der Waals surface area contributed by atoms with Crippen LogP contribution in [0.2, 0.25) is 0 Å². The Balaban J connectivity index is 3.94. The molecule has 15 heavy (non-hydrogen) atoms. The van der Waals surface area contributed by atoms with Gasteiger partial charge in [-0.2, -0.15) is 0 Å². The van der Waals surface area contributed by atoms with Crippen LogP contribution in [-0.2, 0) is 4.79 Å². The summed E-state index contributed by atoms with van der Waals surface area (Å²) >= 11 is 0. The van der Waals surface area contributed by atoms with Gasteiger partial charge >= 0.3 is 12.0 Å². The molecule has 0 heterocycles. The number of hydrogen-bond donors (Lipinski definition) is 2. The van der Waals surface area contributed by atoms with Crippen LogP contribution in [0.5, 0.6) is 0 Å². The van der Waals surface area contributed by atoms with Crippen LogP contribution >= 0.6 is 0 Å². The molecular weight excluding hydrogens is 198 g/mol. The number of hydrogen-bond acceptors (Lipinski definition) is 3. The molecule has 0 aromatic rings. The first-order chi connectivity index (χ1) is 6.84. The second kappa shape index (κ2) is 6.23. The van der Waals surface area contributed by atoms with Gasteiger partial charge in [-0.15, -0.1) is 0 Å². The number of nitrogens with one attached hydrogen (secondary N) is 1. The summed E-state index contributed by atoms with van der Waals surface area (Å²) in [7, 11) is 5.45. The minimum Gasteiger partial charge on any atom is -0.480 e. The molecular formula is C9H19N3O3. The average molecular weight is 217 g/mol. The Morgan fingerprint density at radius 3 is 2.20 bits per heavy atom. The van der Waals surface area contributed by atoms with E-state index in [0.717, 1.165) is 6.54 Å². The van der Waals surface area contributed by atoms with Crippen molar-refractivity contribution in [2.45, 2.75) is 13.0 Å². The molecule has 0 aromatic carbocycles. The van der Waals surface area contributed by atoms with Crippen LogP contribution in [0, 0.1) is 0 Å². The summed E-state index contributed by atoms with van der Waals surface area (Å²) in [6.07, 6.45) is 0. The number of urea groups is 1. The molecule has 0 fully saturated rings. The molecule has 0 aliphatic rings. The van der Waals surface area contributed by atoms with Gasteiger partial charge in [0.05, 0.1) is 0 Å². The molecule has 6 heteroatoms. The molecule has 2 amide bonds. The molecule has 6 nitrogen and oxygen atoms in total. The maximum absolute atomic E-state index is 11.4. The number of rotatable bonds is 5. The minimum atomic E-state index is -1.04. The average Bonchev–Trinajstić information content (AvgIpc) is 2.13. The quantitative estimate of drug-likeness (QED) is 0.661. The van der Waals surface area contributed by atoms with Crippen molar-refractivity contribution in [2.75, 3.05) is 34.2 Å². The van der Waals surface area contributed by atoms with E-state index in [0.29, 0.717) is 6.54 Å². The molecule has 0 aliphatic heterocycles. The third-order valence-electron chi connectivity index (χ3n) is 1.94. The lowest BCUT2D eigenvalue weighted by atomic mass is 10.3. The fourth-order valence-corrected chi connectivity index (χ4v) is 0.809. The highest BCUT2D eigenvalue weighted by Gasteiger charge is 2.16. The van der Waals surface area contributed by atoms with Crippen LogP contribution in [0.4, 0.5) is 4.79 Å². The SMILES string of the molecule is CC(NC(=O)N(C)CCN(C)C)C(=O)O. The lowest BCUT2D eigenvalue weighted by Gasteiger charge is -2.21. The molecule has 0 aliphatic carbocycles. The van der Waals surface area contributed by atoms with Gasteiger partial charge in [0.1, 0.15) is 6.04 Å². The van der Waals surface area contributed by atoms with Crippen LogP contribution in [-0.4, -0.2) is 67.2 Å². The summed E-state index contributed by atoms with van der Waals surface area (Å²) in [4.78, 5) is 25.3. The van der Waals surface area contributed by atoms with Gasteiger partial charge < -0.3 is 20.2 Å². The first kappa shape index (κ1) is 13.7. The summed E-state index contributed by atoms with van der Waals surface area (Å²) in [5.41, 5.74) is 0. The number of carbonyl (C=O) groups is 2. The number of carboxylic acids is 1. The number of aliphatic carboxylic acids is 1. The molecule has 0 bridgehead atoms. The van der Waals surface area contributed by atoms with Gasteiger partial charge in [0.25, 0.3) is 0 Å². The van der Waals surface area contributed by atoms with Crippen LogP contribution in [0.1, 0.15) is 6.92 Å². The van der Waals surface area contributed by atoms with Crippen molar-refractivity contribution in [1.82, 2.24) is 15.1 Å². The maximum atomic E-state index is 11.4. The Morgan fingerprint density at radius 2 is 1.80 bits per heavy atom. The molecule has 1 unspecified atom stereocenters. The monoisotopic (exact) mass is 217 g/mol. The second-order valence-corrected chi connectivity index (χ2v) is 3.73. The summed E-state index contributed by atoms with van der Waals surface area (Å²) in [5.74, 6) is -1.04. The van der Waals surface area contributed by atoms with Crippen LogP contribution in [0.25, 0.3) is 0 Å². The van der Waals surface area contributed by atoms with Gasteiger partial charge in [0.15, 0.2) is 0 Å². The molecule has 0 rings (SSSR count). The molecule has 0 spiro atoms. The standard InChI is InChI=1S/C9H19N3O3/c1-7(8(13)14)10-9(15)12(4)6-5-11(2)3/h7H,5-6H2,1-4H3,(H,10,15)(H,13,14). The van der Waals surface area contributed by atoms with E-state index < -0.39 is 12.0 Å². The van der Waals surface area contributed by atoms with Crippen molar-refractivity contribution in [1.29, 1.82) is 0 Å². The van der Waals surface area contributed by atoms with E-state index in [4.69, 9.17) is 5.11 Å². The Kier molecular flexibility index (Phi) is 5.69. The van der Waals surface area contributed by atoms with Crippen molar-refractivity contribution >= 4 is 12.0 Å². The van der Waals surface area contributed by atoms with E-state index in [2.05, 4.69) is 5.32 Å². The number of carbonyl (C=O) groups excluding carboxylic acids is 1. The Labute approximate surface area is 89.8 Å². The summed E-state index contributed by atoms with van der Waals surface area (Å²) in [6.45, 7) is 2.73. The van der Waals surface area contributed by atoms with Gasteiger partial charge in [-0.3, -0.25) is 4.79 Å². The van der Waals surface area contributed by atoms with E-state index >= 15 is 0 Å². The lowest BCUT2D eigenvalue weighted by Crippen LogP contribution is -2.46. The molecule has 0 aromatic heterocycles. The Morgan fingerprint density at radius 1 is 1.27 bits per heavy atom. The van der Waals surface area contributed by atoms with Crippen molar-refractivity contribution < 1.29 is 14.7 Å². The lowest BCUT2D eigenvalue weighted by molar-refractivity contribution is -0.138. The van der Waals surface area contributed by atoms with E-state index in [9.17, 15) is 9.59 Å². The Bertz CT molecular complexity index is 231. The fraction of sp³-hybridized carbons (Fsp3) is 0.778. The first-order valence-corrected chi connectivity index (χ1v) is 4.73. The topological polar surface area (TPSA) is 72.9 Å². The highest BCUT2D eigenvalue weighted by atomic mass is 16.4. The summed E-state index contributed by atoms with van der Waals surface area (Å²) in [6, 6.07) is -1.23. The highest BCUT2D eigenvalue weighted by molar-refractivity contribution is 5.82. The van der Waals surface area contributed by atoms with Crippen molar-refractivity contribution in [2.24, 2.45) is 0 Å². The van der Waals surface area contributed by atoms with Crippen LogP contribution in [0.3, 0.4) is 0 Å². The Hall–Kier alpha value is -1.30. The van der Waals surface area contributed by atoms with Gasteiger partial charge in [-0.25, -0.2) is 4.79 Å². The van der Waals surface area contributed by atoms with E-state index in [1.165, 1.54) is 11.8 Å². The fourth-order valence-electron chi connectivity index (χ4n) is 0.809. The largest absolute Gasteiger partial charge is 0.480 e. The van der Waals surface area contributed by atoms with Crippen LogP contribution in [0.15, 0.2) is 0 Å². The summed E-state index contributed by atoms with van der Waals surface area (Å²) in [5, 5.41) is 11.0. The zero-order chi connectivity index (χ0) is 12.0. The zero-order valence-electron chi connectivity index (χ0n) is 9.65. The number of likely N-dealkylation sites (N-methyl/N-ethyl adjacent to an activating group) is 2. The molecule has 0 radical (unpaired) electrons. The predicted octanol–water partition coefficient (Wildman–Crippen LogP) is -0.337.